The maximum Gasteiger partial charge on any atom is 0.126 e. The summed E-state index contributed by atoms with van der Waals surface area (Å²) in [5.41, 5.74) is 2.69. The van der Waals surface area contributed by atoms with Crippen molar-refractivity contribution in [2.75, 3.05) is 21.3 Å². The van der Waals surface area contributed by atoms with Crippen molar-refractivity contribution in [3.63, 3.8) is 0 Å². The highest BCUT2D eigenvalue weighted by Crippen LogP contribution is 2.35. The van der Waals surface area contributed by atoms with Gasteiger partial charge in [-0.25, -0.2) is 4.39 Å². The minimum absolute atomic E-state index is 0.249. The molecule has 0 bridgehead atoms. The molecule has 20 heavy (non-hydrogen) atoms. The number of rotatable bonds is 5. The van der Waals surface area contributed by atoms with E-state index in [1.807, 2.05) is 25.2 Å². The molecule has 0 spiro atoms. The first-order valence-electron chi connectivity index (χ1n) is 6.35. The average molecular weight is 275 g/mol. The molecule has 0 amide bonds. The lowest BCUT2D eigenvalue weighted by atomic mass is 9.98. The van der Waals surface area contributed by atoms with Gasteiger partial charge in [-0.05, 0) is 48.5 Å². The van der Waals surface area contributed by atoms with Gasteiger partial charge in [-0.3, -0.25) is 0 Å². The Morgan fingerprint density at radius 2 is 1.80 bits per heavy atom. The van der Waals surface area contributed by atoms with Crippen LogP contribution in [0.4, 0.5) is 4.39 Å². The second kappa shape index (κ2) is 6.39. The van der Waals surface area contributed by atoms with Crippen LogP contribution in [0.3, 0.4) is 0 Å². The van der Waals surface area contributed by atoms with Gasteiger partial charge in [0.05, 0.1) is 14.2 Å². The highest BCUT2D eigenvalue weighted by atomic mass is 19.1. The van der Waals surface area contributed by atoms with Gasteiger partial charge in [0.25, 0.3) is 0 Å². The molecule has 1 N–H and O–H groups in total. The normalized spacial score (nSPS) is 10.4. The zero-order valence-electron chi connectivity index (χ0n) is 11.9. The molecule has 0 saturated heterocycles. The van der Waals surface area contributed by atoms with Gasteiger partial charge in [-0.1, -0.05) is 6.07 Å². The van der Waals surface area contributed by atoms with Crippen LogP contribution in [-0.2, 0) is 6.54 Å². The van der Waals surface area contributed by atoms with E-state index < -0.39 is 0 Å². The molecule has 0 fully saturated rings. The number of halogens is 1. The molecule has 106 valence electrons. The number of hydrogen-bond donors (Lipinski definition) is 1. The molecule has 0 radical (unpaired) electrons. The summed E-state index contributed by atoms with van der Waals surface area (Å²) in [4.78, 5) is 0. The quantitative estimate of drug-likeness (QED) is 0.908. The number of nitrogens with one attached hydrogen (secondary N) is 1. The predicted molar refractivity (Wildman–Crippen MR) is 77.7 cm³/mol. The molecule has 0 atom stereocenters. The zero-order valence-corrected chi connectivity index (χ0v) is 11.9. The third-order valence-corrected chi connectivity index (χ3v) is 3.13. The van der Waals surface area contributed by atoms with E-state index in [9.17, 15) is 4.39 Å². The third kappa shape index (κ3) is 2.91. The van der Waals surface area contributed by atoms with Gasteiger partial charge in [0.15, 0.2) is 0 Å². The van der Waals surface area contributed by atoms with Crippen LogP contribution >= 0.6 is 0 Å². The van der Waals surface area contributed by atoms with Crippen molar-refractivity contribution in [3.05, 3.63) is 47.8 Å². The first-order valence-corrected chi connectivity index (χ1v) is 6.35. The predicted octanol–water partition coefficient (Wildman–Crippen LogP) is 3.23. The third-order valence-electron chi connectivity index (χ3n) is 3.13. The van der Waals surface area contributed by atoms with Crippen molar-refractivity contribution in [3.8, 4) is 22.6 Å². The zero-order chi connectivity index (χ0) is 14.5. The molecule has 0 aliphatic rings. The van der Waals surface area contributed by atoms with Crippen LogP contribution in [0.5, 0.6) is 11.5 Å². The van der Waals surface area contributed by atoms with E-state index in [2.05, 4.69) is 5.32 Å². The van der Waals surface area contributed by atoms with Gasteiger partial charge in [-0.2, -0.15) is 0 Å². The Morgan fingerprint density at radius 3 is 2.45 bits per heavy atom. The van der Waals surface area contributed by atoms with E-state index in [1.54, 1.807) is 20.3 Å². The molecule has 0 aliphatic carbocycles. The minimum atomic E-state index is -0.249. The summed E-state index contributed by atoms with van der Waals surface area (Å²) in [6.07, 6.45) is 0. The van der Waals surface area contributed by atoms with Gasteiger partial charge in [-0.15, -0.1) is 0 Å². The fourth-order valence-corrected chi connectivity index (χ4v) is 2.19. The van der Waals surface area contributed by atoms with E-state index in [0.717, 1.165) is 28.2 Å². The molecule has 2 aromatic rings. The van der Waals surface area contributed by atoms with Crippen LogP contribution in [0.25, 0.3) is 11.1 Å². The van der Waals surface area contributed by atoms with Crippen LogP contribution in [0.1, 0.15) is 5.56 Å². The van der Waals surface area contributed by atoms with Crippen LogP contribution in [-0.4, -0.2) is 21.3 Å². The van der Waals surface area contributed by atoms with Gasteiger partial charge < -0.3 is 14.8 Å². The molecule has 0 aliphatic heterocycles. The summed E-state index contributed by atoms with van der Waals surface area (Å²) in [6, 6.07) is 10.3. The monoisotopic (exact) mass is 275 g/mol. The Morgan fingerprint density at radius 1 is 1.00 bits per heavy atom. The van der Waals surface area contributed by atoms with Crippen LogP contribution < -0.4 is 14.8 Å². The highest BCUT2D eigenvalue weighted by Gasteiger charge is 2.12. The Kier molecular flexibility index (Phi) is 4.58. The Hall–Kier alpha value is -2.07. The first kappa shape index (κ1) is 14.3. The minimum Gasteiger partial charge on any atom is -0.497 e. The molecule has 2 rings (SSSR count). The second-order valence-electron chi connectivity index (χ2n) is 4.40. The molecule has 4 heteroatoms. The topological polar surface area (TPSA) is 30.5 Å². The van der Waals surface area contributed by atoms with Crippen LogP contribution in [0.2, 0.25) is 0 Å². The van der Waals surface area contributed by atoms with Crippen molar-refractivity contribution in [1.82, 2.24) is 5.32 Å². The fraction of sp³-hybridized carbons (Fsp3) is 0.250. The number of methoxy groups -OCH3 is 2. The lowest BCUT2D eigenvalue weighted by molar-refractivity contribution is 0.404. The Labute approximate surface area is 118 Å². The summed E-state index contributed by atoms with van der Waals surface area (Å²) >= 11 is 0. The van der Waals surface area contributed by atoms with Crippen molar-refractivity contribution in [2.45, 2.75) is 6.54 Å². The van der Waals surface area contributed by atoms with Gasteiger partial charge in [0.1, 0.15) is 17.3 Å². The molecule has 3 nitrogen and oxygen atoms in total. The summed E-state index contributed by atoms with van der Waals surface area (Å²) in [7, 11) is 5.06. The molecular weight excluding hydrogens is 257 g/mol. The summed E-state index contributed by atoms with van der Waals surface area (Å²) in [5, 5.41) is 3.05. The van der Waals surface area contributed by atoms with E-state index in [-0.39, 0.29) is 5.82 Å². The first-order chi connectivity index (χ1) is 9.69. The molecule has 0 heterocycles. The van der Waals surface area contributed by atoms with Gasteiger partial charge in [0.2, 0.25) is 0 Å². The van der Waals surface area contributed by atoms with E-state index in [1.165, 1.54) is 12.1 Å². The highest BCUT2D eigenvalue weighted by molar-refractivity contribution is 5.74. The van der Waals surface area contributed by atoms with E-state index in [0.29, 0.717) is 6.54 Å². The van der Waals surface area contributed by atoms with Gasteiger partial charge >= 0.3 is 0 Å². The molecule has 2 aromatic carbocycles. The lowest BCUT2D eigenvalue weighted by Gasteiger charge is -2.14. The summed E-state index contributed by atoms with van der Waals surface area (Å²) in [6.45, 7) is 0.577. The van der Waals surface area contributed by atoms with E-state index >= 15 is 0 Å². The number of benzene rings is 2. The van der Waals surface area contributed by atoms with Crippen LogP contribution in [0.15, 0.2) is 36.4 Å². The van der Waals surface area contributed by atoms with Crippen molar-refractivity contribution < 1.29 is 13.9 Å². The Bertz CT molecular complexity index is 599. The maximum absolute atomic E-state index is 13.4. The second-order valence-corrected chi connectivity index (χ2v) is 4.40. The molecule has 0 saturated carbocycles. The van der Waals surface area contributed by atoms with Crippen molar-refractivity contribution in [2.24, 2.45) is 0 Å². The maximum atomic E-state index is 13.4. The van der Waals surface area contributed by atoms with Crippen molar-refractivity contribution >= 4 is 0 Å². The number of hydrogen-bond acceptors (Lipinski definition) is 3. The fourth-order valence-electron chi connectivity index (χ4n) is 2.19. The average Bonchev–Trinajstić information content (AvgIpc) is 2.47. The molecular formula is C16H18FNO2. The standard InChI is InChI=1S/C16H18FNO2/c1-18-10-11-8-12(17)4-6-14(11)15-9-13(19-2)5-7-16(15)20-3/h4-9,18H,10H2,1-3H3. The van der Waals surface area contributed by atoms with Gasteiger partial charge in [0, 0.05) is 12.1 Å². The van der Waals surface area contributed by atoms with E-state index in [4.69, 9.17) is 9.47 Å². The van der Waals surface area contributed by atoms with Crippen molar-refractivity contribution in [1.29, 1.82) is 0 Å². The summed E-state index contributed by atoms with van der Waals surface area (Å²) < 4.78 is 24.1. The SMILES string of the molecule is CNCc1cc(F)ccc1-c1cc(OC)ccc1OC. The largest absolute Gasteiger partial charge is 0.497 e. The smallest absolute Gasteiger partial charge is 0.126 e. The lowest BCUT2D eigenvalue weighted by Crippen LogP contribution is -2.07. The Balaban J connectivity index is 2.60. The summed E-state index contributed by atoms with van der Waals surface area (Å²) in [5.74, 6) is 1.22. The number of ether oxygens (including phenoxy) is 2. The molecule has 0 aromatic heterocycles. The molecule has 0 unspecified atom stereocenters. The van der Waals surface area contributed by atoms with Crippen LogP contribution in [0, 0.1) is 5.82 Å².